The minimum absolute atomic E-state index is 0.274. The largest absolute Gasteiger partial charge is 0.379 e. The van der Waals surface area contributed by atoms with Crippen LogP contribution < -0.4 is 0 Å². The molecule has 4 atom stereocenters. The van der Waals surface area contributed by atoms with E-state index in [0.29, 0.717) is 13.2 Å². The lowest BCUT2D eigenvalue weighted by atomic mass is 9.64. The highest BCUT2D eigenvalue weighted by Gasteiger charge is 2.34. The predicted octanol–water partition coefficient (Wildman–Crippen LogP) is 6.52. The maximum atomic E-state index is 5.95. The fourth-order valence-electron chi connectivity index (χ4n) is 4.90. The van der Waals surface area contributed by atoms with Crippen LogP contribution in [-0.4, -0.2) is 25.9 Å². The van der Waals surface area contributed by atoms with Crippen LogP contribution in [0, 0.1) is 17.8 Å². The van der Waals surface area contributed by atoms with Gasteiger partial charge in [0, 0.05) is 6.61 Å². The molecule has 0 aromatic carbocycles. The molecule has 0 heterocycles. The molecule has 3 heteroatoms. The van der Waals surface area contributed by atoms with Crippen LogP contribution in [0.1, 0.15) is 77.6 Å². The smallest absolute Gasteiger partial charge is 0.0764 e. The van der Waals surface area contributed by atoms with Crippen LogP contribution in [0.2, 0.25) is 0 Å². The highest BCUT2D eigenvalue weighted by Crippen LogP contribution is 2.45. The molecule has 2 aliphatic carbocycles. The van der Waals surface area contributed by atoms with Crippen molar-refractivity contribution < 1.29 is 9.47 Å². The first kappa shape index (κ1) is 20.7. The van der Waals surface area contributed by atoms with Crippen molar-refractivity contribution >= 4 is 22.6 Å². The maximum Gasteiger partial charge on any atom is 0.0764 e. The van der Waals surface area contributed by atoms with Crippen molar-refractivity contribution in [2.24, 2.45) is 17.8 Å². The minimum Gasteiger partial charge on any atom is -0.379 e. The van der Waals surface area contributed by atoms with Crippen LogP contribution in [0.3, 0.4) is 0 Å². The predicted molar refractivity (Wildman–Crippen MR) is 111 cm³/mol. The van der Waals surface area contributed by atoms with E-state index in [-0.39, 0.29) is 6.10 Å². The van der Waals surface area contributed by atoms with Crippen LogP contribution in [-0.2, 0) is 9.47 Å². The standard InChI is InChI=1S/C21H37IO2/c1-2-23-16-17-24-20(14-15-22)12-5-3-8-18-10-7-11-19-9-4-6-13-21(18)19/h14-15,18-21H,2-13,16-17H2,1H3/b15-14+. The lowest BCUT2D eigenvalue weighted by molar-refractivity contribution is 0.0226. The molecule has 2 nitrogen and oxygen atoms in total. The zero-order chi connectivity index (χ0) is 17.0. The van der Waals surface area contributed by atoms with Crippen LogP contribution >= 0.6 is 22.6 Å². The molecular weight excluding hydrogens is 411 g/mol. The van der Waals surface area contributed by atoms with E-state index in [1.165, 1.54) is 64.2 Å². The summed E-state index contributed by atoms with van der Waals surface area (Å²) in [5, 5.41) is 0. The fraction of sp³-hybridized carbons (Fsp3) is 0.905. The molecule has 2 fully saturated rings. The second-order valence-electron chi connectivity index (χ2n) is 7.61. The van der Waals surface area contributed by atoms with E-state index in [2.05, 4.69) is 32.7 Å². The maximum absolute atomic E-state index is 5.95. The average molecular weight is 448 g/mol. The number of hydrogen-bond donors (Lipinski definition) is 0. The molecule has 2 saturated carbocycles. The second kappa shape index (κ2) is 12.7. The number of hydrogen-bond acceptors (Lipinski definition) is 2. The van der Waals surface area contributed by atoms with E-state index in [0.717, 1.165) is 30.8 Å². The molecule has 140 valence electrons. The van der Waals surface area contributed by atoms with Gasteiger partial charge in [-0.2, -0.15) is 0 Å². The van der Waals surface area contributed by atoms with E-state index >= 15 is 0 Å². The number of fused-ring (bicyclic) bond motifs is 1. The van der Waals surface area contributed by atoms with Gasteiger partial charge in [0.2, 0.25) is 0 Å². The summed E-state index contributed by atoms with van der Waals surface area (Å²) in [6.45, 7) is 4.24. The summed E-state index contributed by atoms with van der Waals surface area (Å²) in [6, 6.07) is 0. The molecular formula is C21H37IO2. The summed E-state index contributed by atoms with van der Waals surface area (Å²) in [5.41, 5.74) is 0. The van der Waals surface area contributed by atoms with Crippen molar-refractivity contribution in [2.75, 3.05) is 19.8 Å². The first-order valence-corrected chi connectivity index (χ1v) is 11.6. The van der Waals surface area contributed by atoms with Crippen LogP contribution in [0.4, 0.5) is 0 Å². The van der Waals surface area contributed by atoms with Gasteiger partial charge in [0.25, 0.3) is 0 Å². The summed E-state index contributed by atoms with van der Waals surface area (Å²) >= 11 is 2.30. The summed E-state index contributed by atoms with van der Waals surface area (Å²) in [7, 11) is 0. The van der Waals surface area contributed by atoms with Crippen molar-refractivity contribution in [1.82, 2.24) is 0 Å². The molecule has 2 rings (SSSR count). The zero-order valence-electron chi connectivity index (χ0n) is 15.6. The van der Waals surface area contributed by atoms with Crippen LogP contribution in [0.15, 0.2) is 10.2 Å². The van der Waals surface area contributed by atoms with Gasteiger partial charge in [-0.1, -0.05) is 80.4 Å². The summed E-state index contributed by atoms with van der Waals surface area (Å²) in [5.74, 6) is 3.18. The van der Waals surface area contributed by atoms with Crippen molar-refractivity contribution in [1.29, 1.82) is 0 Å². The third-order valence-corrected chi connectivity index (χ3v) is 6.50. The molecule has 0 aromatic rings. The second-order valence-corrected chi connectivity index (χ2v) is 8.33. The Morgan fingerprint density at radius 2 is 1.88 bits per heavy atom. The van der Waals surface area contributed by atoms with Crippen molar-refractivity contribution in [2.45, 2.75) is 83.7 Å². The van der Waals surface area contributed by atoms with Gasteiger partial charge < -0.3 is 9.47 Å². The zero-order valence-corrected chi connectivity index (χ0v) is 17.7. The summed E-state index contributed by atoms with van der Waals surface area (Å²) in [6.07, 6.45) is 18.3. The van der Waals surface area contributed by atoms with Crippen molar-refractivity contribution in [3.63, 3.8) is 0 Å². The van der Waals surface area contributed by atoms with Gasteiger partial charge in [-0.15, -0.1) is 0 Å². The molecule has 0 amide bonds. The van der Waals surface area contributed by atoms with Crippen molar-refractivity contribution in [3.05, 3.63) is 10.2 Å². The third-order valence-electron chi connectivity index (χ3n) is 6.09. The Hall–Kier alpha value is 0.390. The molecule has 0 bridgehead atoms. The third kappa shape index (κ3) is 7.33. The van der Waals surface area contributed by atoms with Gasteiger partial charge in [0.1, 0.15) is 0 Å². The number of rotatable bonds is 11. The molecule has 24 heavy (non-hydrogen) atoms. The van der Waals surface area contributed by atoms with Gasteiger partial charge in [-0.05, 0) is 47.7 Å². The number of halogens is 1. The Kier molecular flexibility index (Phi) is 10.9. The molecule has 4 unspecified atom stereocenters. The Bertz CT molecular complexity index is 343. The highest BCUT2D eigenvalue weighted by molar-refractivity contribution is 14.1. The van der Waals surface area contributed by atoms with E-state index in [1.54, 1.807) is 0 Å². The van der Waals surface area contributed by atoms with Gasteiger partial charge in [0.15, 0.2) is 0 Å². The Labute approximate surface area is 163 Å². The Morgan fingerprint density at radius 3 is 2.71 bits per heavy atom. The quantitative estimate of drug-likeness (QED) is 0.265. The van der Waals surface area contributed by atoms with Gasteiger partial charge in [-0.3, -0.25) is 0 Å². The Morgan fingerprint density at radius 1 is 1.04 bits per heavy atom. The number of ether oxygens (including phenoxy) is 2. The first-order chi connectivity index (χ1) is 11.8. The van der Waals surface area contributed by atoms with E-state index in [1.807, 2.05) is 6.92 Å². The topological polar surface area (TPSA) is 18.5 Å². The lowest BCUT2D eigenvalue weighted by Crippen LogP contribution is -2.31. The SMILES string of the molecule is CCOCCOC(/C=C/I)CCCCC1CCCC2CCCCC12. The normalized spacial score (nSPS) is 28.8. The van der Waals surface area contributed by atoms with Gasteiger partial charge in [0.05, 0.1) is 19.3 Å². The van der Waals surface area contributed by atoms with E-state index < -0.39 is 0 Å². The molecule has 0 saturated heterocycles. The summed E-state index contributed by atoms with van der Waals surface area (Å²) in [4.78, 5) is 0. The monoisotopic (exact) mass is 448 g/mol. The van der Waals surface area contributed by atoms with Crippen LogP contribution in [0.5, 0.6) is 0 Å². The van der Waals surface area contributed by atoms with Crippen LogP contribution in [0.25, 0.3) is 0 Å². The highest BCUT2D eigenvalue weighted by atomic mass is 127. The molecule has 0 aromatic heterocycles. The van der Waals surface area contributed by atoms with Gasteiger partial charge in [-0.25, -0.2) is 0 Å². The average Bonchev–Trinajstić information content (AvgIpc) is 2.62. The van der Waals surface area contributed by atoms with E-state index in [9.17, 15) is 0 Å². The molecule has 0 N–H and O–H groups in total. The lowest BCUT2D eigenvalue weighted by Gasteiger charge is -2.41. The minimum atomic E-state index is 0.274. The molecule has 0 spiro atoms. The first-order valence-electron chi connectivity index (χ1n) is 10.3. The molecule has 2 aliphatic rings. The van der Waals surface area contributed by atoms with E-state index in [4.69, 9.17) is 9.47 Å². The Balaban J connectivity index is 1.62. The summed E-state index contributed by atoms with van der Waals surface area (Å²) < 4.78 is 13.4. The molecule has 0 radical (unpaired) electrons. The van der Waals surface area contributed by atoms with Crippen molar-refractivity contribution in [3.8, 4) is 0 Å². The number of unbranched alkanes of at least 4 members (excludes halogenated alkanes) is 1. The fourth-order valence-corrected chi connectivity index (χ4v) is 5.36. The van der Waals surface area contributed by atoms with Gasteiger partial charge >= 0.3 is 0 Å². The molecule has 0 aliphatic heterocycles.